The maximum atomic E-state index is 10.9. The molecule has 0 radical (unpaired) electrons. The molecule has 0 aromatic carbocycles. The highest BCUT2D eigenvalue weighted by atomic mass is 16.1. The van der Waals surface area contributed by atoms with E-state index in [2.05, 4.69) is 20.1 Å². The first-order valence-corrected chi connectivity index (χ1v) is 7.40. The lowest BCUT2D eigenvalue weighted by Gasteiger charge is -2.08. The van der Waals surface area contributed by atoms with Gasteiger partial charge in [0.2, 0.25) is 0 Å². The zero-order chi connectivity index (χ0) is 14.6. The zero-order valence-electron chi connectivity index (χ0n) is 12.2. The van der Waals surface area contributed by atoms with Crippen molar-refractivity contribution in [3.63, 3.8) is 0 Å². The van der Waals surface area contributed by atoms with Crippen LogP contribution in [-0.2, 0) is 4.79 Å². The van der Waals surface area contributed by atoms with Gasteiger partial charge in [-0.15, -0.1) is 5.10 Å². The summed E-state index contributed by atoms with van der Waals surface area (Å²) in [6.45, 7) is 3.79. The minimum atomic E-state index is 0.124. The molecule has 2 aliphatic carbocycles. The lowest BCUT2D eigenvalue weighted by Crippen LogP contribution is -2.08. The molecule has 21 heavy (non-hydrogen) atoms. The third-order valence-electron chi connectivity index (χ3n) is 4.18. The molecule has 0 spiro atoms. The average Bonchev–Trinajstić information content (AvgIpc) is 3.37. The van der Waals surface area contributed by atoms with E-state index in [1.165, 1.54) is 0 Å². The molecule has 2 aromatic heterocycles. The van der Waals surface area contributed by atoms with Gasteiger partial charge in [0.15, 0.2) is 5.82 Å². The van der Waals surface area contributed by atoms with E-state index in [1.54, 1.807) is 4.68 Å². The Kier molecular flexibility index (Phi) is 2.67. The number of aromatic nitrogens is 5. The van der Waals surface area contributed by atoms with Crippen molar-refractivity contribution in [1.29, 1.82) is 0 Å². The molecule has 2 saturated carbocycles. The predicted molar refractivity (Wildman–Crippen MR) is 75.3 cm³/mol. The van der Waals surface area contributed by atoms with E-state index in [9.17, 15) is 4.79 Å². The summed E-state index contributed by atoms with van der Waals surface area (Å²) in [5.41, 5.74) is 0.978. The van der Waals surface area contributed by atoms with E-state index in [4.69, 9.17) is 0 Å². The third kappa shape index (κ3) is 2.24. The number of aryl methyl sites for hydroxylation is 2. The maximum absolute atomic E-state index is 10.9. The first-order chi connectivity index (χ1) is 10.2. The molecule has 108 valence electrons. The first-order valence-electron chi connectivity index (χ1n) is 7.40. The summed E-state index contributed by atoms with van der Waals surface area (Å²) in [7, 11) is 0. The number of hydrogen-bond acceptors (Lipinski definition) is 5. The quantitative estimate of drug-likeness (QED) is 0.801. The Balaban J connectivity index is 1.79. The summed E-state index contributed by atoms with van der Waals surface area (Å²) < 4.78 is 1.77. The van der Waals surface area contributed by atoms with Crippen molar-refractivity contribution < 1.29 is 4.79 Å². The molecule has 4 rings (SSSR count). The van der Waals surface area contributed by atoms with Crippen molar-refractivity contribution in [3.8, 4) is 5.82 Å². The summed E-state index contributed by atoms with van der Waals surface area (Å²) in [5.74, 6) is 4.08. The lowest BCUT2D eigenvalue weighted by atomic mass is 10.2. The molecule has 0 N–H and O–H groups in total. The highest BCUT2D eigenvalue weighted by Gasteiger charge is 2.40. The molecule has 2 heterocycles. The molecule has 0 saturated heterocycles. The van der Waals surface area contributed by atoms with Crippen LogP contribution in [0.2, 0.25) is 0 Å². The Morgan fingerprint density at radius 1 is 1.24 bits per heavy atom. The Bertz CT molecular complexity index is 719. The highest BCUT2D eigenvalue weighted by Crippen LogP contribution is 2.46. The maximum Gasteiger partial charge on any atom is 0.159 e. The van der Waals surface area contributed by atoms with Crippen LogP contribution in [0.25, 0.3) is 5.82 Å². The van der Waals surface area contributed by atoms with E-state index in [1.807, 2.05) is 19.9 Å². The molecule has 2 unspecified atom stereocenters. The average molecular weight is 283 g/mol. The van der Waals surface area contributed by atoms with Crippen LogP contribution < -0.4 is 0 Å². The van der Waals surface area contributed by atoms with Crippen LogP contribution in [-0.4, -0.2) is 31.0 Å². The van der Waals surface area contributed by atoms with E-state index >= 15 is 0 Å². The molecule has 0 bridgehead atoms. The van der Waals surface area contributed by atoms with Gasteiger partial charge in [-0.2, -0.15) is 4.68 Å². The van der Waals surface area contributed by atoms with E-state index < -0.39 is 0 Å². The zero-order valence-corrected chi connectivity index (χ0v) is 12.2. The fraction of sp³-hybridized carbons (Fsp3) is 0.533. The van der Waals surface area contributed by atoms with Crippen LogP contribution in [0.4, 0.5) is 0 Å². The molecule has 2 aliphatic rings. The van der Waals surface area contributed by atoms with Crippen LogP contribution in [0.5, 0.6) is 0 Å². The normalized spacial score (nSPS) is 24.1. The molecule has 2 aromatic rings. The fourth-order valence-corrected chi connectivity index (χ4v) is 2.74. The molecule has 2 atom stereocenters. The number of carbonyl (C=O) groups is 1. The number of hydrogen-bond donors (Lipinski definition) is 0. The van der Waals surface area contributed by atoms with E-state index in [0.717, 1.165) is 54.5 Å². The van der Waals surface area contributed by atoms with Crippen LogP contribution in [0.15, 0.2) is 6.07 Å². The van der Waals surface area contributed by atoms with Gasteiger partial charge < -0.3 is 4.79 Å². The SMILES string of the molecule is Cc1nc(C)n(-c2cc(C3CC3C=O)nc(C3CC3)n2)n1. The van der Waals surface area contributed by atoms with E-state index in [0.29, 0.717) is 5.92 Å². The van der Waals surface area contributed by atoms with Gasteiger partial charge in [-0.05, 0) is 33.1 Å². The second kappa shape index (κ2) is 4.44. The summed E-state index contributed by atoms with van der Waals surface area (Å²) >= 11 is 0. The van der Waals surface area contributed by atoms with Crippen molar-refractivity contribution in [2.45, 2.75) is 44.9 Å². The van der Waals surface area contributed by atoms with Crippen molar-refractivity contribution >= 4 is 6.29 Å². The van der Waals surface area contributed by atoms with Gasteiger partial charge in [0.25, 0.3) is 0 Å². The number of nitrogens with zero attached hydrogens (tertiary/aromatic N) is 5. The fourth-order valence-electron chi connectivity index (χ4n) is 2.74. The second-order valence-corrected chi connectivity index (χ2v) is 6.04. The summed E-state index contributed by atoms with van der Waals surface area (Å²) in [6.07, 6.45) is 4.24. The predicted octanol–water partition coefficient (Wildman–Crippen LogP) is 1.85. The minimum absolute atomic E-state index is 0.124. The standard InChI is InChI=1S/C15H17N5O/c1-8-16-9(2)20(19-8)14-6-13(12-5-11(12)7-21)17-15(18-14)10-3-4-10/h6-7,10-12H,3-5H2,1-2H3. The van der Waals surface area contributed by atoms with Gasteiger partial charge in [-0.3, -0.25) is 0 Å². The summed E-state index contributed by atoms with van der Waals surface area (Å²) in [6, 6.07) is 1.96. The van der Waals surface area contributed by atoms with Crippen molar-refractivity contribution in [2.24, 2.45) is 5.92 Å². The molecule has 0 amide bonds. The molecule has 6 heteroatoms. The summed E-state index contributed by atoms with van der Waals surface area (Å²) in [4.78, 5) is 24.6. The van der Waals surface area contributed by atoms with Crippen molar-refractivity contribution in [3.05, 3.63) is 29.2 Å². The largest absolute Gasteiger partial charge is 0.303 e. The molecule has 6 nitrogen and oxygen atoms in total. The number of aldehydes is 1. The van der Waals surface area contributed by atoms with Gasteiger partial charge in [-0.1, -0.05) is 0 Å². The van der Waals surface area contributed by atoms with Crippen molar-refractivity contribution in [1.82, 2.24) is 24.7 Å². The van der Waals surface area contributed by atoms with Gasteiger partial charge in [0, 0.05) is 23.8 Å². The van der Waals surface area contributed by atoms with Crippen LogP contribution in [0.3, 0.4) is 0 Å². The number of rotatable bonds is 4. The molecule has 2 fully saturated rings. The van der Waals surface area contributed by atoms with Crippen molar-refractivity contribution in [2.75, 3.05) is 0 Å². The Morgan fingerprint density at radius 2 is 2.05 bits per heavy atom. The Morgan fingerprint density at radius 3 is 2.62 bits per heavy atom. The summed E-state index contributed by atoms with van der Waals surface area (Å²) in [5, 5.41) is 4.41. The Hall–Kier alpha value is -2.11. The van der Waals surface area contributed by atoms with Gasteiger partial charge in [-0.25, -0.2) is 15.0 Å². The minimum Gasteiger partial charge on any atom is -0.303 e. The number of carbonyl (C=O) groups excluding carboxylic acids is 1. The van der Waals surface area contributed by atoms with Gasteiger partial charge in [0.05, 0.1) is 5.69 Å². The monoisotopic (exact) mass is 283 g/mol. The smallest absolute Gasteiger partial charge is 0.159 e. The van der Waals surface area contributed by atoms with Gasteiger partial charge in [0.1, 0.15) is 23.8 Å². The highest BCUT2D eigenvalue weighted by molar-refractivity contribution is 5.61. The third-order valence-corrected chi connectivity index (χ3v) is 4.18. The van der Waals surface area contributed by atoms with Crippen LogP contribution in [0.1, 0.15) is 54.3 Å². The topological polar surface area (TPSA) is 73.6 Å². The second-order valence-electron chi connectivity index (χ2n) is 6.04. The van der Waals surface area contributed by atoms with Crippen LogP contribution in [0, 0.1) is 19.8 Å². The lowest BCUT2D eigenvalue weighted by molar-refractivity contribution is -0.108. The van der Waals surface area contributed by atoms with E-state index in [-0.39, 0.29) is 11.8 Å². The Labute approximate surface area is 122 Å². The molecule has 0 aliphatic heterocycles. The molecular formula is C15H17N5O. The van der Waals surface area contributed by atoms with Gasteiger partial charge >= 0.3 is 0 Å². The van der Waals surface area contributed by atoms with Crippen LogP contribution >= 0.6 is 0 Å². The first kappa shape index (κ1) is 12.6. The molecular weight excluding hydrogens is 266 g/mol.